The van der Waals surface area contributed by atoms with E-state index in [2.05, 4.69) is 4.99 Å². The molecule has 2 rings (SSSR count). The maximum absolute atomic E-state index is 12.8. The van der Waals surface area contributed by atoms with Crippen LogP contribution in [0, 0.1) is 0 Å². The van der Waals surface area contributed by atoms with E-state index in [0.717, 1.165) is 5.56 Å². The largest absolute Gasteiger partial charge is 0.493 e. The molecule has 1 heterocycles. The van der Waals surface area contributed by atoms with Crippen LogP contribution in [0.2, 0.25) is 0 Å². The summed E-state index contributed by atoms with van der Waals surface area (Å²) in [5.41, 5.74) is 5.88. The number of amidine groups is 1. The van der Waals surface area contributed by atoms with Gasteiger partial charge in [0.15, 0.2) is 23.3 Å². The second-order valence-electron chi connectivity index (χ2n) is 6.55. The van der Waals surface area contributed by atoms with Crippen molar-refractivity contribution >= 4 is 34.8 Å². The molecule has 1 aromatic rings. The summed E-state index contributed by atoms with van der Waals surface area (Å²) in [5.74, 6) is 0.233. The van der Waals surface area contributed by atoms with Crippen LogP contribution in [-0.2, 0) is 9.59 Å². The molecule has 0 bridgehead atoms. The summed E-state index contributed by atoms with van der Waals surface area (Å²) in [6, 6.07) is 5.34. The van der Waals surface area contributed by atoms with E-state index in [9.17, 15) is 9.59 Å². The number of primary amides is 1. The van der Waals surface area contributed by atoms with E-state index in [1.807, 2.05) is 27.7 Å². The molecule has 1 aliphatic rings. The lowest BCUT2D eigenvalue weighted by molar-refractivity contribution is -0.123. The van der Waals surface area contributed by atoms with Crippen molar-refractivity contribution in [3.8, 4) is 11.5 Å². The maximum atomic E-state index is 12.8. The highest BCUT2D eigenvalue weighted by Crippen LogP contribution is 2.36. The number of carbonyl (C=O) groups is 2. The number of rotatable bonds is 7. The van der Waals surface area contributed by atoms with Crippen LogP contribution < -0.4 is 15.2 Å². The van der Waals surface area contributed by atoms with E-state index >= 15 is 0 Å². The summed E-state index contributed by atoms with van der Waals surface area (Å²) >= 11 is 1.36. The zero-order valence-corrected chi connectivity index (χ0v) is 17.0. The van der Waals surface area contributed by atoms with Crippen molar-refractivity contribution in [1.82, 2.24) is 4.90 Å². The van der Waals surface area contributed by atoms with Crippen LogP contribution in [-0.4, -0.2) is 47.7 Å². The molecule has 0 radical (unpaired) electrons. The second-order valence-corrected chi connectivity index (χ2v) is 7.56. The van der Waals surface area contributed by atoms with Gasteiger partial charge in [-0.3, -0.25) is 19.5 Å². The zero-order valence-electron chi connectivity index (χ0n) is 16.2. The van der Waals surface area contributed by atoms with Gasteiger partial charge in [-0.25, -0.2) is 0 Å². The molecule has 1 aromatic carbocycles. The molecule has 27 heavy (non-hydrogen) atoms. The van der Waals surface area contributed by atoms with Crippen LogP contribution in [0.4, 0.5) is 0 Å². The standard InChI is InChI=1S/C19H25N3O4S/c1-11(2)21-19-22(12(3)4)18(24)16(27-19)9-13-6-7-14(15(8-13)25-5)26-10-17(20)23/h6-9,11-12H,10H2,1-5H3,(H2,20,23)/b16-9+,21-19?. The normalized spacial score (nSPS) is 17.4. The molecule has 0 aliphatic carbocycles. The molecular formula is C19H25N3O4S. The van der Waals surface area contributed by atoms with E-state index in [0.29, 0.717) is 21.6 Å². The third-order valence-electron chi connectivity index (χ3n) is 3.58. The Hall–Kier alpha value is -2.48. The van der Waals surface area contributed by atoms with Gasteiger partial charge >= 0.3 is 0 Å². The van der Waals surface area contributed by atoms with Crippen molar-refractivity contribution in [2.75, 3.05) is 13.7 Å². The van der Waals surface area contributed by atoms with E-state index < -0.39 is 5.91 Å². The minimum atomic E-state index is -0.568. The van der Waals surface area contributed by atoms with Crippen molar-refractivity contribution in [2.45, 2.75) is 39.8 Å². The van der Waals surface area contributed by atoms with Crippen LogP contribution in [0.3, 0.4) is 0 Å². The highest BCUT2D eigenvalue weighted by molar-refractivity contribution is 8.18. The van der Waals surface area contributed by atoms with Crippen molar-refractivity contribution < 1.29 is 19.1 Å². The highest BCUT2D eigenvalue weighted by atomic mass is 32.2. The van der Waals surface area contributed by atoms with Gasteiger partial charge < -0.3 is 15.2 Å². The van der Waals surface area contributed by atoms with Crippen molar-refractivity contribution in [2.24, 2.45) is 10.7 Å². The molecule has 1 aliphatic heterocycles. The lowest BCUT2D eigenvalue weighted by Crippen LogP contribution is -2.35. The van der Waals surface area contributed by atoms with Gasteiger partial charge in [0.1, 0.15) is 0 Å². The lowest BCUT2D eigenvalue weighted by atomic mass is 10.1. The molecule has 1 fully saturated rings. The smallest absolute Gasteiger partial charge is 0.266 e. The Kier molecular flexibility index (Phi) is 6.90. The third kappa shape index (κ3) is 5.26. The lowest BCUT2D eigenvalue weighted by Gasteiger charge is -2.20. The number of nitrogens with zero attached hydrogens (tertiary/aromatic N) is 2. The number of methoxy groups -OCH3 is 1. The number of ether oxygens (including phenoxy) is 2. The fourth-order valence-electron chi connectivity index (χ4n) is 2.45. The van der Waals surface area contributed by atoms with E-state index in [1.165, 1.54) is 18.9 Å². The number of thioether (sulfide) groups is 1. The Morgan fingerprint density at radius 2 is 2.00 bits per heavy atom. The van der Waals surface area contributed by atoms with Crippen LogP contribution in [0.15, 0.2) is 28.1 Å². The summed E-state index contributed by atoms with van der Waals surface area (Å²) in [4.78, 5) is 30.5. The summed E-state index contributed by atoms with van der Waals surface area (Å²) in [7, 11) is 1.51. The van der Waals surface area contributed by atoms with Gasteiger partial charge in [0.25, 0.3) is 11.8 Å². The monoisotopic (exact) mass is 391 g/mol. The van der Waals surface area contributed by atoms with Crippen molar-refractivity contribution in [3.63, 3.8) is 0 Å². The molecule has 8 heteroatoms. The van der Waals surface area contributed by atoms with E-state index in [1.54, 1.807) is 29.2 Å². The fourth-order valence-corrected chi connectivity index (χ4v) is 3.68. The van der Waals surface area contributed by atoms with Gasteiger partial charge in [-0.05, 0) is 63.2 Å². The molecule has 0 aromatic heterocycles. The SMILES string of the molecule is COc1cc(/C=C2/SC(=NC(C)C)N(C(C)C)C2=O)ccc1OCC(N)=O. The number of aliphatic imine (C=N–C) groups is 1. The Labute approximate surface area is 163 Å². The Morgan fingerprint density at radius 1 is 1.30 bits per heavy atom. The summed E-state index contributed by atoms with van der Waals surface area (Å²) in [6.07, 6.45) is 1.80. The molecule has 146 valence electrons. The highest BCUT2D eigenvalue weighted by Gasteiger charge is 2.35. The Morgan fingerprint density at radius 3 is 2.56 bits per heavy atom. The molecule has 2 amide bonds. The first-order chi connectivity index (χ1) is 12.7. The van der Waals surface area contributed by atoms with Crippen LogP contribution in [0.25, 0.3) is 6.08 Å². The number of hydrogen-bond donors (Lipinski definition) is 1. The number of carbonyl (C=O) groups excluding carboxylic acids is 2. The minimum absolute atomic E-state index is 0.0208. The fraction of sp³-hybridized carbons (Fsp3) is 0.421. The summed E-state index contributed by atoms with van der Waals surface area (Å²) in [6.45, 7) is 7.65. The molecule has 0 spiro atoms. The molecule has 0 saturated carbocycles. The Bertz CT molecular complexity index is 787. The molecule has 0 atom stereocenters. The van der Waals surface area contributed by atoms with Gasteiger partial charge in [0.05, 0.1) is 12.0 Å². The summed E-state index contributed by atoms with van der Waals surface area (Å²) in [5, 5.41) is 0.713. The van der Waals surface area contributed by atoms with E-state index in [4.69, 9.17) is 15.2 Å². The van der Waals surface area contributed by atoms with Crippen LogP contribution >= 0.6 is 11.8 Å². The number of amides is 2. The van der Waals surface area contributed by atoms with Crippen LogP contribution in [0.5, 0.6) is 11.5 Å². The first kappa shape index (κ1) is 20.8. The van der Waals surface area contributed by atoms with Crippen molar-refractivity contribution in [3.05, 3.63) is 28.7 Å². The van der Waals surface area contributed by atoms with E-state index in [-0.39, 0.29) is 24.6 Å². The van der Waals surface area contributed by atoms with Gasteiger partial charge in [-0.1, -0.05) is 6.07 Å². The molecule has 1 saturated heterocycles. The quantitative estimate of drug-likeness (QED) is 0.721. The minimum Gasteiger partial charge on any atom is -0.493 e. The molecule has 2 N–H and O–H groups in total. The second kappa shape index (κ2) is 8.94. The predicted octanol–water partition coefficient (Wildman–Crippen LogP) is 2.65. The first-order valence-corrected chi connectivity index (χ1v) is 9.44. The molecule has 7 nitrogen and oxygen atoms in total. The third-order valence-corrected chi connectivity index (χ3v) is 4.57. The maximum Gasteiger partial charge on any atom is 0.266 e. The van der Waals surface area contributed by atoms with Gasteiger partial charge in [-0.15, -0.1) is 0 Å². The number of benzene rings is 1. The van der Waals surface area contributed by atoms with Crippen LogP contribution in [0.1, 0.15) is 33.3 Å². The molecular weight excluding hydrogens is 366 g/mol. The topological polar surface area (TPSA) is 94.2 Å². The average molecular weight is 391 g/mol. The van der Waals surface area contributed by atoms with Crippen molar-refractivity contribution in [1.29, 1.82) is 0 Å². The number of hydrogen-bond acceptors (Lipinski definition) is 6. The summed E-state index contributed by atoms with van der Waals surface area (Å²) < 4.78 is 10.6. The number of nitrogens with two attached hydrogens (primary N) is 1. The van der Waals surface area contributed by atoms with Gasteiger partial charge in [-0.2, -0.15) is 0 Å². The average Bonchev–Trinajstić information content (AvgIpc) is 2.88. The first-order valence-electron chi connectivity index (χ1n) is 8.63. The zero-order chi connectivity index (χ0) is 20.1. The molecule has 0 unspecified atom stereocenters. The predicted molar refractivity (Wildman–Crippen MR) is 108 cm³/mol. The van der Waals surface area contributed by atoms with Gasteiger partial charge in [0.2, 0.25) is 0 Å². The van der Waals surface area contributed by atoms with Gasteiger partial charge in [0, 0.05) is 12.1 Å². The Balaban J connectivity index is 2.32.